The molecule has 1 aliphatic rings. The molecule has 2 aromatic rings. The van der Waals surface area contributed by atoms with E-state index in [-0.39, 0.29) is 5.56 Å². The van der Waals surface area contributed by atoms with E-state index in [4.69, 9.17) is 0 Å². The molecule has 0 bridgehead atoms. The normalized spacial score (nSPS) is 15.8. The first-order chi connectivity index (χ1) is 12.5. The second-order valence-electron chi connectivity index (χ2n) is 6.41. The van der Waals surface area contributed by atoms with E-state index >= 15 is 0 Å². The number of aryl methyl sites for hydroxylation is 1. The first-order valence-electron chi connectivity index (χ1n) is 8.71. The molecule has 1 atom stereocenters. The summed E-state index contributed by atoms with van der Waals surface area (Å²) in [6.07, 6.45) is 2.12. The van der Waals surface area contributed by atoms with Crippen molar-refractivity contribution in [1.29, 1.82) is 0 Å². The van der Waals surface area contributed by atoms with E-state index in [1.807, 2.05) is 25.1 Å². The molecule has 1 unspecified atom stereocenters. The van der Waals surface area contributed by atoms with E-state index in [0.717, 1.165) is 24.0 Å². The number of anilines is 2. The average Bonchev–Trinajstić information content (AvgIpc) is 2.62. The van der Waals surface area contributed by atoms with Crippen molar-refractivity contribution in [3.05, 3.63) is 58.7 Å². The van der Waals surface area contributed by atoms with E-state index in [0.29, 0.717) is 29.8 Å². The SMILES string of the molecule is CCc1c(NC(=O)Nc2cccc3c2CC(O)CC3)cccc1C(=O)O. The lowest BCUT2D eigenvalue weighted by Crippen LogP contribution is -2.24. The highest BCUT2D eigenvalue weighted by Crippen LogP contribution is 2.28. The average molecular weight is 354 g/mol. The van der Waals surface area contributed by atoms with Crippen LogP contribution in [-0.2, 0) is 19.3 Å². The zero-order valence-electron chi connectivity index (χ0n) is 14.6. The third kappa shape index (κ3) is 3.70. The predicted octanol–water partition coefficient (Wildman–Crippen LogP) is 3.44. The molecule has 26 heavy (non-hydrogen) atoms. The van der Waals surface area contributed by atoms with Gasteiger partial charge in [0.05, 0.1) is 11.7 Å². The van der Waals surface area contributed by atoms with Crippen LogP contribution in [0.3, 0.4) is 0 Å². The number of hydrogen-bond donors (Lipinski definition) is 4. The summed E-state index contributed by atoms with van der Waals surface area (Å²) in [6.45, 7) is 1.85. The topological polar surface area (TPSA) is 98.7 Å². The van der Waals surface area contributed by atoms with Crippen molar-refractivity contribution in [3.63, 3.8) is 0 Å². The summed E-state index contributed by atoms with van der Waals surface area (Å²) in [7, 11) is 0. The summed E-state index contributed by atoms with van der Waals surface area (Å²) in [5.41, 5.74) is 4.01. The monoisotopic (exact) mass is 354 g/mol. The van der Waals surface area contributed by atoms with Crippen LogP contribution in [0.15, 0.2) is 36.4 Å². The Hall–Kier alpha value is -2.86. The first-order valence-corrected chi connectivity index (χ1v) is 8.71. The molecule has 2 aromatic carbocycles. The number of carboxylic acids is 1. The number of aromatic carboxylic acids is 1. The minimum atomic E-state index is -1.02. The van der Waals surface area contributed by atoms with Crippen molar-refractivity contribution in [1.82, 2.24) is 0 Å². The van der Waals surface area contributed by atoms with Crippen molar-refractivity contribution >= 4 is 23.4 Å². The van der Waals surface area contributed by atoms with Gasteiger partial charge in [-0.2, -0.15) is 0 Å². The molecule has 3 rings (SSSR count). The van der Waals surface area contributed by atoms with Crippen LogP contribution in [0, 0.1) is 0 Å². The van der Waals surface area contributed by atoms with Crippen molar-refractivity contribution in [2.24, 2.45) is 0 Å². The lowest BCUT2D eigenvalue weighted by atomic mass is 9.88. The number of benzene rings is 2. The molecule has 0 fully saturated rings. The number of rotatable bonds is 4. The predicted molar refractivity (Wildman–Crippen MR) is 99.9 cm³/mol. The highest BCUT2D eigenvalue weighted by atomic mass is 16.4. The van der Waals surface area contributed by atoms with Crippen molar-refractivity contribution in [2.45, 2.75) is 38.7 Å². The van der Waals surface area contributed by atoms with E-state index in [1.54, 1.807) is 12.1 Å². The van der Waals surface area contributed by atoms with Crippen LogP contribution in [0.2, 0.25) is 0 Å². The molecule has 0 radical (unpaired) electrons. The Labute approximate surface area is 151 Å². The number of carboxylic acid groups (broad SMARTS) is 1. The van der Waals surface area contributed by atoms with Crippen molar-refractivity contribution in [2.75, 3.05) is 10.6 Å². The quantitative estimate of drug-likeness (QED) is 0.676. The summed E-state index contributed by atoms with van der Waals surface area (Å²) in [4.78, 5) is 23.8. The van der Waals surface area contributed by atoms with Crippen LogP contribution >= 0.6 is 0 Å². The largest absolute Gasteiger partial charge is 0.478 e. The van der Waals surface area contributed by atoms with E-state index < -0.39 is 18.1 Å². The molecule has 136 valence electrons. The molecule has 0 saturated carbocycles. The number of amides is 2. The maximum Gasteiger partial charge on any atom is 0.336 e. The summed E-state index contributed by atoms with van der Waals surface area (Å²) in [5.74, 6) is -1.02. The Balaban J connectivity index is 1.81. The second-order valence-corrected chi connectivity index (χ2v) is 6.41. The van der Waals surface area contributed by atoms with Gasteiger partial charge in [0.1, 0.15) is 0 Å². The number of nitrogens with one attached hydrogen (secondary N) is 2. The highest BCUT2D eigenvalue weighted by molar-refractivity contribution is 6.02. The van der Waals surface area contributed by atoms with Crippen LogP contribution < -0.4 is 10.6 Å². The van der Waals surface area contributed by atoms with Gasteiger partial charge >= 0.3 is 12.0 Å². The van der Waals surface area contributed by atoms with Crippen molar-refractivity contribution < 1.29 is 19.8 Å². The van der Waals surface area contributed by atoms with Crippen LogP contribution in [0.5, 0.6) is 0 Å². The Bertz CT molecular complexity index is 848. The molecule has 2 amide bonds. The van der Waals surface area contributed by atoms with Crippen molar-refractivity contribution in [3.8, 4) is 0 Å². The fourth-order valence-corrected chi connectivity index (χ4v) is 3.45. The Morgan fingerprint density at radius 1 is 1.12 bits per heavy atom. The van der Waals surface area contributed by atoms with E-state index in [2.05, 4.69) is 10.6 Å². The molecule has 0 heterocycles. The van der Waals surface area contributed by atoms with Gasteiger partial charge in [-0.15, -0.1) is 0 Å². The van der Waals surface area contributed by atoms with Gasteiger partial charge in [0, 0.05) is 17.8 Å². The van der Waals surface area contributed by atoms with Crippen LogP contribution in [0.1, 0.15) is 40.4 Å². The number of aliphatic hydroxyl groups excluding tert-OH is 1. The number of hydrogen-bond acceptors (Lipinski definition) is 3. The molecular formula is C20H22N2O4. The van der Waals surface area contributed by atoms with Gasteiger partial charge in [0.2, 0.25) is 0 Å². The van der Waals surface area contributed by atoms with Gasteiger partial charge in [-0.25, -0.2) is 9.59 Å². The van der Waals surface area contributed by atoms with Crippen LogP contribution in [-0.4, -0.2) is 28.3 Å². The number of carbonyl (C=O) groups is 2. The minimum absolute atomic E-state index is 0.186. The first kappa shape index (κ1) is 17.9. The number of aliphatic hydroxyl groups is 1. The second kappa shape index (κ2) is 7.58. The number of fused-ring (bicyclic) bond motifs is 1. The van der Waals surface area contributed by atoms with Crippen LogP contribution in [0.4, 0.5) is 16.2 Å². The molecule has 0 aliphatic heterocycles. The smallest absolute Gasteiger partial charge is 0.336 e. The lowest BCUT2D eigenvalue weighted by molar-refractivity contribution is 0.0695. The van der Waals surface area contributed by atoms with Gasteiger partial charge in [-0.05, 0) is 54.2 Å². The molecule has 1 aliphatic carbocycles. The van der Waals surface area contributed by atoms with E-state index in [9.17, 15) is 19.8 Å². The number of carbonyl (C=O) groups excluding carboxylic acids is 1. The minimum Gasteiger partial charge on any atom is -0.478 e. The number of urea groups is 1. The van der Waals surface area contributed by atoms with Gasteiger partial charge in [-0.1, -0.05) is 25.1 Å². The standard InChI is InChI=1S/C20H22N2O4/c1-2-14-15(19(24)25)6-4-8-17(14)21-20(26)22-18-7-3-5-12-9-10-13(23)11-16(12)18/h3-8,13,23H,2,9-11H2,1H3,(H,24,25)(H2,21,22,26). The maximum absolute atomic E-state index is 12.5. The summed E-state index contributed by atoms with van der Waals surface area (Å²) >= 11 is 0. The fourth-order valence-electron chi connectivity index (χ4n) is 3.45. The molecule has 0 saturated heterocycles. The Morgan fingerprint density at radius 3 is 2.54 bits per heavy atom. The van der Waals surface area contributed by atoms with Gasteiger partial charge in [0.25, 0.3) is 0 Å². The fraction of sp³-hybridized carbons (Fsp3) is 0.300. The van der Waals surface area contributed by atoms with Gasteiger partial charge < -0.3 is 20.8 Å². The Morgan fingerprint density at radius 2 is 1.81 bits per heavy atom. The molecular weight excluding hydrogens is 332 g/mol. The van der Waals surface area contributed by atoms with E-state index in [1.165, 1.54) is 6.07 Å². The Kier molecular flexibility index (Phi) is 5.23. The third-order valence-corrected chi connectivity index (χ3v) is 4.72. The zero-order valence-corrected chi connectivity index (χ0v) is 14.6. The van der Waals surface area contributed by atoms with Gasteiger partial charge in [-0.3, -0.25) is 0 Å². The molecule has 0 aromatic heterocycles. The zero-order chi connectivity index (χ0) is 18.7. The highest BCUT2D eigenvalue weighted by Gasteiger charge is 2.20. The summed E-state index contributed by atoms with van der Waals surface area (Å²) in [5, 5.41) is 24.8. The molecule has 0 spiro atoms. The molecule has 4 N–H and O–H groups in total. The van der Waals surface area contributed by atoms with Gasteiger partial charge in [0.15, 0.2) is 0 Å². The summed E-state index contributed by atoms with van der Waals surface area (Å²) < 4.78 is 0. The maximum atomic E-state index is 12.5. The van der Waals surface area contributed by atoms with Crippen LogP contribution in [0.25, 0.3) is 0 Å². The molecule has 6 heteroatoms. The molecule has 6 nitrogen and oxygen atoms in total. The lowest BCUT2D eigenvalue weighted by Gasteiger charge is -2.23. The summed E-state index contributed by atoms with van der Waals surface area (Å²) in [6, 6.07) is 10.1. The third-order valence-electron chi connectivity index (χ3n) is 4.72.